The monoisotopic (exact) mass is 314 g/mol. The van der Waals surface area contributed by atoms with E-state index in [0.29, 0.717) is 0 Å². The molecule has 9 heteroatoms. The van der Waals surface area contributed by atoms with Crippen molar-refractivity contribution in [1.82, 2.24) is 0 Å². The molecule has 0 bridgehead atoms. The number of hydrogen-bond acceptors (Lipinski definition) is 6. The normalized spacial score (nSPS) is 22.6. The van der Waals surface area contributed by atoms with Crippen LogP contribution in [-0.4, -0.2) is 44.7 Å². The lowest BCUT2D eigenvalue weighted by Crippen LogP contribution is -2.35. The van der Waals surface area contributed by atoms with Gasteiger partial charge in [0.2, 0.25) is 5.92 Å². The van der Waals surface area contributed by atoms with Crippen LogP contribution in [0.4, 0.5) is 8.78 Å². The highest BCUT2D eigenvalue weighted by atomic mass is 31.2. The number of rotatable bonds is 6. The van der Waals surface area contributed by atoms with Crippen molar-refractivity contribution in [3.63, 3.8) is 0 Å². The van der Waals surface area contributed by atoms with Crippen molar-refractivity contribution in [2.24, 2.45) is 5.92 Å². The van der Waals surface area contributed by atoms with Gasteiger partial charge in [-0.05, 0) is 0 Å². The minimum atomic E-state index is -3.56. The number of halogens is 2. The van der Waals surface area contributed by atoms with E-state index >= 15 is 0 Å². The van der Waals surface area contributed by atoms with Gasteiger partial charge in [-0.2, -0.15) is 0 Å². The first-order valence-corrected chi connectivity index (χ1v) is 7.71. The molecule has 0 aromatic rings. The molecular weight excluding hydrogens is 297 g/mol. The van der Waals surface area contributed by atoms with Crippen LogP contribution in [0.25, 0.3) is 0 Å². The minimum Gasteiger partial charge on any atom is -0.464 e. The topological polar surface area (TPSA) is 78.9 Å². The van der Waals surface area contributed by atoms with Crippen LogP contribution in [0.2, 0.25) is 0 Å². The molecule has 0 aromatic carbocycles. The highest BCUT2D eigenvalue weighted by Crippen LogP contribution is 2.46. The maximum Gasteiger partial charge on any atom is 0.341 e. The van der Waals surface area contributed by atoms with Crippen LogP contribution < -0.4 is 0 Å². The highest BCUT2D eigenvalue weighted by molar-refractivity contribution is 7.54. The second-order valence-electron chi connectivity index (χ2n) is 4.54. The van der Waals surface area contributed by atoms with Crippen LogP contribution in [0.15, 0.2) is 0 Å². The van der Waals surface area contributed by atoms with Crippen molar-refractivity contribution in [3.8, 4) is 0 Å². The third-order valence-corrected chi connectivity index (χ3v) is 4.82. The van der Waals surface area contributed by atoms with Gasteiger partial charge in [-0.1, -0.05) is 0 Å². The number of carbonyl (C=O) groups excluding carboxylic acids is 2. The van der Waals surface area contributed by atoms with E-state index in [1.165, 1.54) is 0 Å². The van der Waals surface area contributed by atoms with Crippen molar-refractivity contribution >= 4 is 19.3 Å². The van der Waals surface area contributed by atoms with Gasteiger partial charge in [-0.3, -0.25) is 14.2 Å². The Hall–Kier alpha value is -0.850. The van der Waals surface area contributed by atoms with Gasteiger partial charge in [-0.25, -0.2) is 8.78 Å². The summed E-state index contributed by atoms with van der Waals surface area (Å²) in [6, 6.07) is 0. The van der Waals surface area contributed by atoms with Crippen LogP contribution >= 0.6 is 7.60 Å². The Morgan fingerprint density at radius 2 is 2.00 bits per heavy atom. The van der Waals surface area contributed by atoms with E-state index in [2.05, 4.69) is 9.05 Å². The first kappa shape index (κ1) is 17.2. The van der Waals surface area contributed by atoms with Gasteiger partial charge in [0.25, 0.3) is 0 Å². The fourth-order valence-corrected chi connectivity index (χ4v) is 2.65. The lowest BCUT2D eigenvalue weighted by Gasteiger charge is -2.27. The number of carbonyl (C=O) groups is 2. The summed E-state index contributed by atoms with van der Waals surface area (Å²) >= 11 is 0. The molecule has 1 aliphatic carbocycles. The van der Waals surface area contributed by atoms with E-state index in [4.69, 9.17) is 4.74 Å². The van der Waals surface area contributed by atoms with Crippen molar-refractivity contribution in [2.75, 3.05) is 27.0 Å². The maximum absolute atomic E-state index is 13.2. The molecule has 116 valence electrons. The van der Waals surface area contributed by atoms with Crippen LogP contribution in [0.5, 0.6) is 0 Å². The Labute approximate surface area is 115 Å². The molecule has 1 aliphatic rings. The molecule has 1 saturated carbocycles. The number of ether oxygens (including phenoxy) is 1. The zero-order valence-electron chi connectivity index (χ0n) is 11.3. The second kappa shape index (κ2) is 6.74. The molecule has 0 aliphatic heterocycles. The molecule has 0 radical (unpaired) electrons. The zero-order chi connectivity index (χ0) is 15.4. The maximum atomic E-state index is 13.2. The zero-order valence-corrected chi connectivity index (χ0v) is 12.2. The molecule has 6 nitrogen and oxygen atoms in total. The average Bonchev–Trinajstić information content (AvgIpc) is 2.39. The minimum absolute atomic E-state index is 0.232. The summed E-state index contributed by atoms with van der Waals surface area (Å²) in [7, 11) is -1.33. The van der Waals surface area contributed by atoms with Gasteiger partial charge < -0.3 is 13.8 Å². The smallest absolute Gasteiger partial charge is 0.341 e. The van der Waals surface area contributed by atoms with Crippen molar-refractivity contribution in [2.45, 2.75) is 25.2 Å². The molecule has 1 unspecified atom stereocenters. The Kier molecular flexibility index (Phi) is 5.79. The van der Waals surface area contributed by atoms with Crippen LogP contribution in [0, 0.1) is 5.92 Å². The molecule has 1 rings (SSSR count). The lowest BCUT2D eigenvalue weighted by molar-refractivity contribution is -0.149. The third kappa shape index (κ3) is 4.92. The molecule has 0 N–H and O–H groups in total. The van der Waals surface area contributed by atoms with Crippen LogP contribution in [-0.2, 0) is 27.9 Å². The number of alkyl halides is 2. The Morgan fingerprint density at radius 1 is 1.40 bits per heavy atom. The number of esters is 1. The summed E-state index contributed by atoms with van der Waals surface area (Å²) in [6.07, 6.45) is -1.97. The molecule has 20 heavy (non-hydrogen) atoms. The average molecular weight is 314 g/mol. The van der Waals surface area contributed by atoms with E-state index in [0.717, 1.165) is 14.2 Å². The van der Waals surface area contributed by atoms with E-state index < -0.39 is 51.0 Å². The molecule has 0 amide bonds. The van der Waals surface area contributed by atoms with E-state index in [9.17, 15) is 22.9 Å². The largest absolute Gasteiger partial charge is 0.464 e. The Bertz CT molecular complexity index is 417. The number of ketones is 1. The van der Waals surface area contributed by atoms with Crippen LogP contribution in [0.3, 0.4) is 0 Å². The number of Topliss-reactive ketones (excluding diaryl/α,β-unsaturated/α-hetero) is 1. The molecule has 0 spiro atoms. The van der Waals surface area contributed by atoms with Crippen molar-refractivity contribution in [3.05, 3.63) is 0 Å². The fraction of sp³-hybridized carbons (Fsp3) is 0.818. The number of hydrogen-bond donors (Lipinski definition) is 0. The molecule has 0 heterocycles. The summed E-state index contributed by atoms with van der Waals surface area (Å²) in [5.41, 5.74) is 0. The predicted molar refractivity (Wildman–Crippen MR) is 64.7 cm³/mol. The molecule has 1 atom stereocenters. The summed E-state index contributed by atoms with van der Waals surface area (Å²) in [5, 5.41) is 0. The first-order valence-electron chi connectivity index (χ1n) is 5.98. The van der Waals surface area contributed by atoms with E-state index in [1.807, 2.05) is 0 Å². The van der Waals surface area contributed by atoms with Gasteiger partial charge in [0, 0.05) is 33.5 Å². The summed E-state index contributed by atoms with van der Waals surface area (Å²) in [6.45, 7) is -0.444. The van der Waals surface area contributed by atoms with Gasteiger partial charge in [0.1, 0.15) is 18.6 Å². The molecule has 1 fully saturated rings. The summed E-state index contributed by atoms with van der Waals surface area (Å²) < 4.78 is 51.8. The molecular formula is C11H17F2O6P. The molecule has 0 saturated heterocycles. The fourth-order valence-electron chi connectivity index (χ4n) is 1.84. The van der Waals surface area contributed by atoms with Crippen molar-refractivity contribution < 1.29 is 36.7 Å². The highest BCUT2D eigenvalue weighted by Gasteiger charge is 2.41. The SMILES string of the molecule is COP(=O)(CC(=O)OCC1CC(F)(F)CCC1=O)OC. The van der Waals surface area contributed by atoms with E-state index in [1.54, 1.807) is 0 Å². The quantitative estimate of drug-likeness (QED) is 0.551. The van der Waals surface area contributed by atoms with Gasteiger partial charge in [0.15, 0.2) is 0 Å². The van der Waals surface area contributed by atoms with Crippen LogP contribution in [0.1, 0.15) is 19.3 Å². The van der Waals surface area contributed by atoms with E-state index in [-0.39, 0.29) is 12.2 Å². The Morgan fingerprint density at radius 3 is 2.55 bits per heavy atom. The third-order valence-electron chi connectivity index (χ3n) is 3.06. The van der Waals surface area contributed by atoms with Gasteiger partial charge >= 0.3 is 13.6 Å². The first-order chi connectivity index (χ1) is 9.21. The Balaban J connectivity index is 2.48. The summed E-state index contributed by atoms with van der Waals surface area (Å²) in [5.74, 6) is -5.21. The lowest BCUT2D eigenvalue weighted by atomic mass is 9.86. The standard InChI is InChI=1S/C11H17F2O6P/c1-17-20(16,18-2)7-10(15)19-6-8-5-11(12,13)4-3-9(8)14/h8H,3-7H2,1-2H3. The second-order valence-corrected chi connectivity index (χ2v) is 6.81. The predicted octanol–water partition coefficient (Wildman–Crippen LogP) is 2.02. The van der Waals surface area contributed by atoms with Gasteiger partial charge in [0.05, 0.1) is 5.92 Å². The summed E-state index contributed by atoms with van der Waals surface area (Å²) in [4.78, 5) is 22.9. The van der Waals surface area contributed by atoms with Crippen molar-refractivity contribution in [1.29, 1.82) is 0 Å². The van der Waals surface area contributed by atoms with Gasteiger partial charge in [-0.15, -0.1) is 0 Å². The molecule has 0 aromatic heterocycles.